The molecule has 25 heavy (non-hydrogen) atoms. The second-order valence-corrected chi connectivity index (χ2v) is 6.85. The zero-order valence-corrected chi connectivity index (χ0v) is 15.2. The van der Waals surface area contributed by atoms with Crippen molar-refractivity contribution in [3.63, 3.8) is 0 Å². The maximum absolute atomic E-state index is 12.8. The molecule has 3 aromatic rings. The highest BCUT2D eigenvalue weighted by atomic mass is 32.1. The predicted molar refractivity (Wildman–Crippen MR) is 96.7 cm³/mol. The highest BCUT2D eigenvalue weighted by molar-refractivity contribution is 7.16. The van der Waals surface area contributed by atoms with Crippen LogP contribution in [0.4, 0.5) is 5.00 Å². The van der Waals surface area contributed by atoms with Crippen molar-refractivity contribution in [3.8, 4) is 5.75 Å². The summed E-state index contributed by atoms with van der Waals surface area (Å²) in [4.78, 5) is 29.9. The first-order valence-corrected chi connectivity index (χ1v) is 8.39. The number of aryl methyl sites for hydroxylation is 2. The van der Waals surface area contributed by atoms with E-state index in [4.69, 9.17) is 10.5 Å². The smallest absolute Gasteiger partial charge is 0.275 e. The van der Waals surface area contributed by atoms with Gasteiger partial charge >= 0.3 is 0 Å². The van der Waals surface area contributed by atoms with Crippen LogP contribution in [-0.4, -0.2) is 28.3 Å². The summed E-state index contributed by atoms with van der Waals surface area (Å²) in [7, 11) is 1.55. The van der Waals surface area contributed by atoms with Gasteiger partial charge in [-0.2, -0.15) is 0 Å². The van der Waals surface area contributed by atoms with Crippen LogP contribution in [0.25, 0.3) is 5.65 Å². The minimum absolute atomic E-state index is 0.347. The van der Waals surface area contributed by atoms with Crippen molar-refractivity contribution in [1.82, 2.24) is 9.38 Å². The predicted octanol–water partition coefficient (Wildman–Crippen LogP) is 2.68. The van der Waals surface area contributed by atoms with Crippen molar-refractivity contribution in [3.05, 3.63) is 45.7 Å². The van der Waals surface area contributed by atoms with E-state index in [2.05, 4.69) is 10.3 Å². The lowest BCUT2D eigenvalue weighted by atomic mass is 10.1. The summed E-state index contributed by atoms with van der Waals surface area (Å²) < 4.78 is 6.96. The Bertz CT molecular complexity index is 1000. The second-order valence-electron chi connectivity index (χ2n) is 5.62. The van der Waals surface area contributed by atoms with Crippen molar-refractivity contribution in [2.24, 2.45) is 5.73 Å². The molecule has 0 atom stereocenters. The van der Waals surface area contributed by atoms with Crippen molar-refractivity contribution in [2.75, 3.05) is 12.4 Å². The highest BCUT2D eigenvalue weighted by Crippen LogP contribution is 2.32. The van der Waals surface area contributed by atoms with E-state index in [0.29, 0.717) is 33.3 Å². The van der Waals surface area contributed by atoms with Crippen LogP contribution in [-0.2, 0) is 0 Å². The van der Waals surface area contributed by atoms with Crippen LogP contribution in [0.15, 0.2) is 18.3 Å². The van der Waals surface area contributed by atoms with E-state index in [1.165, 1.54) is 11.3 Å². The van der Waals surface area contributed by atoms with Gasteiger partial charge in [-0.25, -0.2) is 4.98 Å². The number of ether oxygens (including phenoxy) is 1. The lowest BCUT2D eigenvalue weighted by Crippen LogP contribution is -2.19. The quantitative estimate of drug-likeness (QED) is 0.749. The SMILES string of the molecule is COc1cccn2c(C(=O)Nc3sc(C)c(C)c3C(N)=O)c(C)nc12. The van der Waals surface area contributed by atoms with Gasteiger partial charge in [-0.1, -0.05) is 0 Å². The van der Waals surface area contributed by atoms with Gasteiger partial charge in [-0.05, 0) is 38.5 Å². The van der Waals surface area contributed by atoms with Crippen LogP contribution in [0.1, 0.15) is 37.0 Å². The van der Waals surface area contributed by atoms with Crippen molar-refractivity contribution < 1.29 is 14.3 Å². The zero-order valence-electron chi connectivity index (χ0n) is 14.3. The molecule has 0 aromatic carbocycles. The number of imidazole rings is 1. The van der Waals surface area contributed by atoms with E-state index in [0.717, 1.165) is 10.4 Å². The summed E-state index contributed by atoms with van der Waals surface area (Å²) >= 11 is 1.33. The summed E-state index contributed by atoms with van der Waals surface area (Å²) in [6.07, 6.45) is 1.74. The number of nitrogens with two attached hydrogens (primary N) is 1. The fourth-order valence-electron chi connectivity index (χ4n) is 2.76. The molecule has 130 valence electrons. The molecule has 0 radical (unpaired) electrons. The average Bonchev–Trinajstić information content (AvgIpc) is 3.03. The lowest BCUT2D eigenvalue weighted by Gasteiger charge is -2.07. The molecule has 3 aromatic heterocycles. The monoisotopic (exact) mass is 358 g/mol. The van der Waals surface area contributed by atoms with Gasteiger partial charge in [0.25, 0.3) is 11.8 Å². The van der Waals surface area contributed by atoms with Gasteiger partial charge in [0.15, 0.2) is 11.4 Å². The van der Waals surface area contributed by atoms with Crippen molar-refractivity contribution >= 4 is 33.8 Å². The molecule has 8 heteroatoms. The Balaban J connectivity index is 2.06. The number of nitrogens with one attached hydrogen (secondary N) is 1. The number of rotatable bonds is 4. The third kappa shape index (κ3) is 2.74. The Morgan fingerprint density at radius 3 is 2.68 bits per heavy atom. The molecular formula is C17H18N4O3S. The number of aromatic nitrogens is 2. The molecule has 0 aliphatic rings. The summed E-state index contributed by atoms with van der Waals surface area (Å²) in [6.45, 7) is 5.44. The van der Waals surface area contributed by atoms with E-state index in [1.807, 2.05) is 13.8 Å². The first kappa shape index (κ1) is 17.0. The lowest BCUT2D eigenvalue weighted by molar-refractivity contribution is 0.100. The largest absolute Gasteiger partial charge is 0.493 e. The minimum Gasteiger partial charge on any atom is -0.493 e. The average molecular weight is 358 g/mol. The molecule has 0 unspecified atom stereocenters. The topological polar surface area (TPSA) is 98.7 Å². The number of carbonyl (C=O) groups excluding carboxylic acids is 2. The van der Waals surface area contributed by atoms with E-state index in [1.54, 1.807) is 36.8 Å². The number of anilines is 1. The number of thiophene rings is 1. The maximum Gasteiger partial charge on any atom is 0.275 e. The third-order valence-electron chi connectivity index (χ3n) is 4.08. The molecule has 0 spiro atoms. The Morgan fingerprint density at radius 1 is 1.32 bits per heavy atom. The van der Waals surface area contributed by atoms with E-state index in [9.17, 15) is 9.59 Å². The molecule has 0 fully saturated rings. The van der Waals surface area contributed by atoms with Crippen LogP contribution in [0.5, 0.6) is 5.75 Å². The van der Waals surface area contributed by atoms with E-state index >= 15 is 0 Å². The molecular weight excluding hydrogens is 340 g/mol. The van der Waals surface area contributed by atoms with Crippen LogP contribution in [0, 0.1) is 20.8 Å². The van der Waals surface area contributed by atoms with Gasteiger partial charge in [-0.15, -0.1) is 11.3 Å². The minimum atomic E-state index is -0.561. The number of nitrogens with zero attached hydrogens (tertiary/aromatic N) is 2. The zero-order chi connectivity index (χ0) is 18.3. The van der Waals surface area contributed by atoms with Crippen molar-refractivity contribution in [1.29, 1.82) is 0 Å². The number of amides is 2. The molecule has 3 N–H and O–H groups in total. The Morgan fingerprint density at radius 2 is 2.04 bits per heavy atom. The number of primary amides is 1. The summed E-state index contributed by atoms with van der Waals surface area (Å²) in [5.41, 5.74) is 8.09. The normalized spacial score (nSPS) is 10.9. The van der Waals surface area contributed by atoms with Crippen LogP contribution in [0.2, 0.25) is 0 Å². The Hall–Kier alpha value is -2.87. The molecule has 3 heterocycles. The number of hydrogen-bond donors (Lipinski definition) is 2. The number of hydrogen-bond acceptors (Lipinski definition) is 5. The van der Waals surface area contributed by atoms with Crippen LogP contribution >= 0.6 is 11.3 Å². The first-order valence-electron chi connectivity index (χ1n) is 7.58. The molecule has 3 rings (SSSR count). The van der Waals surface area contributed by atoms with Gasteiger partial charge in [0, 0.05) is 11.1 Å². The van der Waals surface area contributed by atoms with Crippen LogP contribution in [0.3, 0.4) is 0 Å². The first-order chi connectivity index (χ1) is 11.8. The molecule has 0 aliphatic carbocycles. The molecule has 0 saturated heterocycles. The van der Waals surface area contributed by atoms with Gasteiger partial charge in [0.2, 0.25) is 0 Å². The van der Waals surface area contributed by atoms with Gasteiger partial charge < -0.3 is 15.8 Å². The van der Waals surface area contributed by atoms with Crippen molar-refractivity contribution in [2.45, 2.75) is 20.8 Å². The summed E-state index contributed by atoms with van der Waals surface area (Å²) in [6, 6.07) is 3.55. The molecule has 0 saturated carbocycles. The number of pyridine rings is 1. The molecule has 2 amide bonds. The van der Waals surface area contributed by atoms with E-state index < -0.39 is 5.91 Å². The van der Waals surface area contributed by atoms with E-state index in [-0.39, 0.29) is 5.91 Å². The van der Waals surface area contributed by atoms with Gasteiger partial charge in [-0.3, -0.25) is 14.0 Å². The molecule has 7 nitrogen and oxygen atoms in total. The summed E-state index contributed by atoms with van der Waals surface area (Å²) in [5.74, 6) is -0.346. The fourth-order valence-corrected chi connectivity index (χ4v) is 3.82. The fraction of sp³-hybridized carbons (Fsp3) is 0.235. The highest BCUT2D eigenvalue weighted by Gasteiger charge is 2.23. The van der Waals surface area contributed by atoms with Gasteiger partial charge in [0.1, 0.15) is 10.7 Å². The third-order valence-corrected chi connectivity index (χ3v) is 5.20. The summed E-state index contributed by atoms with van der Waals surface area (Å²) in [5, 5.41) is 3.25. The Kier molecular flexibility index (Phi) is 4.22. The molecule has 0 aliphatic heterocycles. The number of fused-ring (bicyclic) bond motifs is 1. The number of carbonyl (C=O) groups is 2. The van der Waals surface area contributed by atoms with Gasteiger partial charge in [0.05, 0.1) is 18.4 Å². The second kappa shape index (κ2) is 6.21. The van der Waals surface area contributed by atoms with Crippen LogP contribution < -0.4 is 15.8 Å². The number of methoxy groups -OCH3 is 1. The Labute approximate surface area is 148 Å². The molecule has 0 bridgehead atoms. The maximum atomic E-state index is 12.8. The standard InChI is InChI=1S/C17H18N4O3S/c1-8-10(3)25-17(12(8)14(18)22)20-16(23)13-9(2)19-15-11(24-4)6-5-7-21(13)15/h5-7H,1-4H3,(H2,18,22)(H,20,23).